The highest BCUT2D eigenvalue weighted by Crippen LogP contribution is 2.33. The van der Waals surface area contributed by atoms with Gasteiger partial charge in [0.15, 0.2) is 0 Å². The van der Waals surface area contributed by atoms with Crippen LogP contribution in [0.2, 0.25) is 0 Å². The summed E-state index contributed by atoms with van der Waals surface area (Å²) in [6.07, 6.45) is 1.76. The molecular formula is C14H18BrN3OS. The fraction of sp³-hybridized carbons (Fsp3) is 0.429. The Balaban J connectivity index is 2.41. The Bertz CT molecular complexity index is 549. The Morgan fingerprint density at radius 3 is 2.70 bits per heavy atom. The number of anilines is 1. The third kappa shape index (κ3) is 2.96. The molecule has 4 nitrogen and oxygen atoms in total. The van der Waals surface area contributed by atoms with Gasteiger partial charge in [-0.2, -0.15) is 0 Å². The van der Waals surface area contributed by atoms with E-state index in [4.69, 9.17) is 23.7 Å². The fourth-order valence-corrected chi connectivity index (χ4v) is 3.59. The molecular weight excluding hydrogens is 338 g/mol. The molecule has 1 aromatic carbocycles. The summed E-state index contributed by atoms with van der Waals surface area (Å²) in [5.41, 5.74) is 13.1. The number of nitrogens with two attached hydrogens (primary N) is 2. The summed E-state index contributed by atoms with van der Waals surface area (Å²) >= 11 is 8.65. The van der Waals surface area contributed by atoms with Crippen molar-refractivity contribution in [3.8, 4) is 0 Å². The van der Waals surface area contributed by atoms with Gasteiger partial charge in [0.2, 0.25) is 5.91 Å². The van der Waals surface area contributed by atoms with Crippen LogP contribution in [0.5, 0.6) is 0 Å². The Kier molecular flexibility index (Phi) is 4.65. The van der Waals surface area contributed by atoms with Crippen LogP contribution in [-0.4, -0.2) is 23.5 Å². The minimum Gasteiger partial charge on any atom is -0.389 e. The first-order valence-corrected chi connectivity index (χ1v) is 7.76. The highest BCUT2D eigenvalue weighted by atomic mass is 79.9. The summed E-state index contributed by atoms with van der Waals surface area (Å²) in [6.45, 7) is 2.75. The number of hydrogen-bond donors (Lipinski definition) is 2. The molecule has 2 atom stereocenters. The highest BCUT2D eigenvalue weighted by Gasteiger charge is 2.30. The maximum Gasteiger partial charge on any atom is 0.222 e. The zero-order chi connectivity index (χ0) is 14.9. The van der Waals surface area contributed by atoms with Crippen molar-refractivity contribution in [1.29, 1.82) is 0 Å². The predicted octanol–water partition coefficient (Wildman–Crippen LogP) is 2.17. The van der Waals surface area contributed by atoms with Crippen molar-refractivity contribution >= 4 is 44.7 Å². The van der Waals surface area contributed by atoms with Gasteiger partial charge in [0.05, 0.1) is 5.92 Å². The lowest BCUT2D eigenvalue weighted by Gasteiger charge is -2.39. The lowest BCUT2D eigenvalue weighted by molar-refractivity contribution is -0.122. The second-order valence-corrected chi connectivity index (χ2v) is 6.47. The summed E-state index contributed by atoms with van der Waals surface area (Å²) in [4.78, 5) is 14.0. The average molecular weight is 356 g/mol. The van der Waals surface area contributed by atoms with Gasteiger partial charge in [0, 0.05) is 28.3 Å². The number of halogens is 1. The van der Waals surface area contributed by atoms with Crippen molar-refractivity contribution in [2.45, 2.75) is 25.8 Å². The minimum absolute atomic E-state index is 0.121. The molecule has 1 saturated heterocycles. The number of primary amides is 1. The normalized spacial score (nSPS) is 22.6. The van der Waals surface area contributed by atoms with Crippen LogP contribution in [0.1, 0.15) is 25.3 Å². The first kappa shape index (κ1) is 15.3. The molecule has 1 amide bonds. The molecule has 0 aromatic heterocycles. The Labute approximate surface area is 132 Å². The van der Waals surface area contributed by atoms with Crippen LogP contribution < -0.4 is 16.4 Å². The van der Waals surface area contributed by atoms with E-state index in [9.17, 15) is 4.79 Å². The molecule has 1 aromatic rings. The van der Waals surface area contributed by atoms with Gasteiger partial charge in [0.25, 0.3) is 0 Å². The number of carbonyl (C=O) groups is 1. The van der Waals surface area contributed by atoms with E-state index in [1.807, 2.05) is 18.2 Å². The first-order chi connectivity index (χ1) is 9.41. The maximum absolute atomic E-state index is 11.5. The van der Waals surface area contributed by atoms with Gasteiger partial charge in [0.1, 0.15) is 4.99 Å². The van der Waals surface area contributed by atoms with Gasteiger partial charge >= 0.3 is 0 Å². The van der Waals surface area contributed by atoms with Gasteiger partial charge in [-0.05, 0) is 47.8 Å². The molecule has 0 radical (unpaired) electrons. The van der Waals surface area contributed by atoms with Crippen molar-refractivity contribution in [2.24, 2.45) is 17.4 Å². The van der Waals surface area contributed by atoms with E-state index in [1.165, 1.54) is 0 Å². The number of benzene rings is 1. The topological polar surface area (TPSA) is 72.4 Å². The molecule has 2 rings (SSSR count). The van der Waals surface area contributed by atoms with Crippen LogP contribution in [0, 0.1) is 5.92 Å². The molecule has 0 spiro atoms. The van der Waals surface area contributed by atoms with Gasteiger partial charge in [-0.1, -0.05) is 18.3 Å². The van der Waals surface area contributed by atoms with Crippen molar-refractivity contribution < 1.29 is 4.79 Å². The zero-order valence-electron chi connectivity index (χ0n) is 11.3. The van der Waals surface area contributed by atoms with Crippen LogP contribution in [-0.2, 0) is 4.79 Å². The molecule has 0 aliphatic carbocycles. The Morgan fingerprint density at radius 1 is 1.40 bits per heavy atom. The molecule has 1 aliphatic heterocycles. The molecule has 4 N–H and O–H groups in total. The molecule has 2 unspecified atom stereocenters. The average Bonchev–Trinajstić information content (AvgIpc) is 2.38. The van der Waals surface area contributed by atoms with Crippen molar-refractivity contribution in [2.75, 3.05) is 11.4 Å². The van der Waals surface area contributed by atoms with E-state index in [-0.39, 0.29) is 11.8 Å². The number of thiocarbonyl (C=S) groups is 1. The maximum atomic E-state index is 11.5. The lowest BCUT2D eigenvalue weighted by Crippen LogP contribution is -2.46. The quantitative estimate of drug-likeness (QED) is 0.815. The fourth-order valence-electron chi connectivity index (χ4n) is 2.67. The number of nitrogens with zero attached hydrogens (tertiary/aromatic N) is 1. The SMILES string of the molecule is CC1CCC(C(N)=O)CN1c1cccc(Br)c1C(N)=S. The van der Waals surface area contributed by atoms with E-state index in [2.05, 4.69) is 27.8 Å². The van der Waals surface area contributed by atoms with Crippen LogP contribution in [0.25, 0.3) is 0 Å². The highest BCUT2D eigenvalue weighted by molar-refractivity contribution is 9.10. The third-order valence-electron chi connectivity index (χ3n) is 3.83. The van der Waals surface area contributed by atoms with Crippen LogP contribution in [0.3, 0.4) is 0 Å². The van der Waals surface area contributed by atoms with Gasteiger partial charge < -0.3 is 16.4 Å². The number of hydrogen-bond acceptors (Lipinski definition) is 3. The summed E-state index contributed by atoms with van der Waals surface area (Å²) in [6, 6.07) is 6.17. The third-order valence-corrected chi connectivity index (χ3v) is 4.70. The number of piperidine rings is 1. The molecule has 20 heavy (non-hydrogen) atoms. The Morgan fingerprint density at radius 2 is 2.10 bits per heavy atom. The summed E-state index contributed by atoms with van der Waals surface area (Å²) < 4.78 is 0.871. The smallest absolute Gasteiger partial charge is 0.222 e. The molecule has 1 aliphatic rings. The second kappa shape index (κ2) is 6.10. The number of rotatable bonds is 3. The number of carbonyl (C=O) groups excluding carboxylic acids is 1. The first-order valence-electron chi connectivity index (χ1n) is 6.56. The van der Waals surface area contributed by atoms with Gasteiger partial charge in [-0.3, -0.25) is 4.79 Å². The minimum atomic E-state index is -0.242. The molecule has 108 valence electrons. The van der Waals surface area contributed by atoms with Gasteiger partial charge in [-0.15, -0.1) is 0 Å². The molecule has 0 bridgehead atoms. The standard InChI is InChI=1S/C14H18BrN3OS/c1-8-5-6-9(13(16)19)7-18(8)11-4-2-3-10(15)12(11)14(17)20/h2-4,8-9H,5-7H2,1H3,(H2,16,19)(H2,17,20). The summed E-state index contributed by atoms with van der Waals surface area (Å²) in [5.74, 6) is -0.363. The van der Waals surface area contributed by atoms with Crippen molar-refractivity contribution in [3.05, 3.63) is 28.2 Å². The lowest BCUT2D eigenvalue weighted by atomic mass is 9.92. The largest absolute Gasteiger partial charge is 0.389 e. The molecule has 1 heterocycles. The van der Waals surface area contributed by atoms with E-state index in [0.29, 0.717) is 17.6 Å². The van der Waals surface area contributed by atoms with E-state index in [0.717, 1.165) is 28.6 Å². The van der Waals surface area contributed by atoms with Crippen LogP contribution in [0.15, 0.2) is 22.7 Å². The van der Waals surface area contributed by atoms with Crippen molar-refractivity contribution in [1.82, 2.24) is 0 Å². The van der Waals surface area contributed by atoms with Crippen molar-refractivity contribution in [3.63, 3.8) is 0 Å². The molecule has 0 saturated carbocycles. The summed E-state index contributed by atoms with van der Waals surface area (Å²) in [7, 11) is 0. The van der Waals surface area contributed by atoms with Crippen LogP contribution >= 0.6 is 28.1 Å². The van der Waals surface area contributed by atoms with E-state index >= 15 is 0 Å². The molecule has 6 heteroatoms. The zero-order valence-corrected chi connectivity index (χ0v) is 13.7. The Hall–Kier alpha value is -1.14. The predicted molar refractivity (Wildman–Crippen MR) is 88.8 cm³/mol. The molecule has 1 fully saturated rings. The monoisotopic (exact) mass is 355 g/mol. The summed E-state index contributed by atoms with van der Waals surface area (Å²) in [5, 5.41) is 0. The van der Waals surface area contributed by atoms with E-state index < -0.39 is 0 Å². The van der Waals surface area contributed by atoms with Crippen LogP contribution in [0.4, 0.5) is 5.69 Å². The van der Waals surface area contributed by atoms with Gasteiger partial charge in [-0.25, -0.2) is 0 Å². The second-order valence-electron chi connectivity index (χ2n) is 5.18. The van der Waals surface area contributed by atoms with E-state index in [1.54, 1.807) is 0 Å². The number of amides is 1.